The molecule has 0 aliphatic heterocycles. The molecule has 1 aromatic carbocycles. The molecule has 104 valence electrons. The molecule has 2 fully saturated rings. The standard InChI is InChI=1S/C15H16N2O3/c18-14(19)10-3-4-12-11(7-10)16-15(20)17(12)13-6-8-1-2-9(13)5-8/h3-4,7-9,13H,1-2,5-6H2,(H,16,20)(H,18,19). The molecular weight excluding hydrogens is 256 g/mol. The van der Waals surface area contributed by atoms with E-state index in [9.17, 15) is 9.59 Å². The van der Waals surface area contributed by atoms with Crippen molar-refractivity contribution in [3.05, 3.63) is 34.2 Å². The SMILES string of the molecule is O=C(O)c1ccc2c(c1)[nH]c(=O)n2C1CC2CCC1C2. The van der Waals surface area contributed by atoms with Gasteiger partial charge in [-0.15, -0.1) is 0 Å². The number of fused-ring (bicyclic) bond motifs is 3. The second-order valence-corrected chi connectivity index (χ2v) is 6.08. The largest absolute Gasteiger partial charge is 0.478 e. The first-order valence-corrected chi connectivity index (χ1v) is 7.11. The van der Waals surface area contributed by atoms with Gasteiger partial charge in [0.2, 0.25) is 0 Å². The van der Waals surface area contributed by atoms with Gasteiger partial charge in [0.25, 0.3) is 0 Å². The minimum absolute atomic E-state index is 0.111. The summed E-state index contributed by atoms with van der Waals surface area (Å²) in [6, 6.07) is 5.15. The second kappa shape index (κ2) is 3.98. The predicted molar refractivity (Wildman–Crippen MR) is 74.0 cm³/mol. The maximum atomic E-state index is 12.2. The highest BCUT2D eigenvalue weighted by Gasteiger charge is 2.41. The van der Waals surface area contributed by atoms with Crippen molar-refractivity contribution in [2.45, 2.75) is 31.7 Å². The van der Waals surface area contributed by atoms with Gasteiger partial charge in [-0.2, -0.15) is 0 Å². The van der Waals surface area contributed by atoms with E-state index in [2.05, 4.69) is 4.98 Å². The number of carboxylic acids is 1. The van der Waals surface area contributed by atoms with Crippen molar-refractivity contribution < 1.29 is 9.90 Å². The maximum absolute atomic E-state index is 12.2. The van der Waals surface area contributed by atoms with Gasteiger partial charge in [-0.3, -0.25) is 4.57 Å². The third kappa shape index (κ3) is 1.55. The molecule has 5 heteroatoms. The van der Waals surface area contributed by atoms with Gasteiger partial charge in [0.1, 0.15) is 0 Å². The average Bonchev–Trinajstić information content (AvgIpc) is 3.09. The molecule has 4 rings (SSSR count). The van der Waals surface area contributed by atoms with E-state index in [0.717, 1.165) is 17.9 Å². The zero-order valence-electron chi connectivity index (χ0n) is 11.0. The normalized spacial score (nSPS) is 28.3. The topological polar surface area (TPSA) is 75.1 Å². The molecule has 0 spiro atoms. The zero-order valence-corrected chi connectivity index (χ0v) is 11.0. The fourth-order valence-corrected chi connectivity index (χ4v) is 4.12. The fourth-order valence-electron chi connectivity index (χ4n) is 4.12. The van der Waals surface area contributed by atoms with Crippen LogP contribution >= 0.6 is 0 Å². The lowest BCUT2D eigenvalue weighted by Crippen LogP contribution is -2.26. The Hall–Kier alpha value is -2.04. The van der Waals surface area contributed by atoms with Crippen molar-refractivity contribution in [3.63, 3.8) is 0 Å². The number of nitrogens with one attached hydrogen (secondary N) is 1. The summed E-state index contributed by atoms with van der Waals surface area (Å²) >= 11 is 0. The van der Waals surface area contributed by atoms with E-state index in [1.165, 1.54) is 19.3 Å². The van der Waals surface area contributed by atoms with E-state index in [-0.39, 0.29) is 17.3 Å². The molecule has 20 heavy (non-hydrogen) atoms. The van der Waals surface area contributed by atoms with Crippen LogP contribution in [0.3, 0.4) is 0 Å². The molecule has 2 aliphatic carbocycles. The Labute approximate surface area is 115 Å². The fraction of sp³-hybridized carbons (Fsp3) is 0.467. The number of aromatic nitrogens is 2. The van der Waals surface area contributed by atoms with Crippen LogP contribution in [0.4, 0.5) is 0 Å². The summed E-state index contributed by atoms with van der Waals surface area (Å²) in [5.74, 6) is 0.399. The third-order valence-electron chi connectivity index (χ3n) is 5.00. The summed E-state index contributed by atoms with van der Waals surface area (Å²) in [6.07, 6.45) is 4.82. The minimum Gasteiger partial charge on any atom is -0.478 e. The number of hydrogen-bond donors (Lipinski definition) is 2. The Morgan fingerprint density at radius 1 is 1.30 bits per heavy atom. The number of imidazole rings is 1. The highest BCUT2D eigenvalue weighted by molar-refractivity contribution is 5.92. The Morgan fingerprint density at radius 2 is 2.15 bits per heavy atom. The zero-order chi connectivity index (χ0) is 13.9. The number of carbonyl (C=O) groups is 1. The van der Waals surface area contributed by atoms with Gasteiger partial charge in [-0.25, -0.2) is 9.59 Å². The summed E-state index contributed by atoms with van der Waals surface area (Å²) in [6.45, 7) is 0. The van der Waals surface area contributed by atoms with Crippen molar-refractivity contribution in [3.8, 4) is 0 Å². The number of aromatic amines is 1. The maximum Gasteiger partial charge on any atom is 0.335 e. The molecule has 5 nitrogen and oxygen atoms in total. The monoisotopic (exact) mass is 272 g/mol. The van der Waals surface area contributed by atoms with Crippen LogP contribution in [0.5, 0.6) is 0 Å². The van der Waals surface area contributed by atoms with E-state index < -0.39 is 5.97 Å². The number of aromatic carboxylic acids is 1. The minimum atomic E-state index is -0.972. The molecule has 0 saturated heterocycles. The molecule has 2 N–H and O–H groups in total. The molecular formula is C15H16N2O3. The number of hydrogen-bond acceptors (Lipinski definition) is 2. The molecule has 2 aliphatic rings. The Balaban J connectivity index is 1.85. The van der Waals surface area contributed by atoms with Crippen LogP contribution in [0.25, 0.3) is 11.0 Å². The molecule has 3 unspecified atom stereocenters. The van der Waals surface area contributed by atoms with Crippen molar-refractivity contribution in [2.24, 2.45) is 11.8 Å². The lowest BCUT2D eigenvalue weighted by atomic mass is 9.95. The lowest BCUT2D eigenvalue weighted by molar-refractivity contribution is 0.0697. The number of benzene rings is 1. The lowest BCUT2D eigenvalue weighted by Gasteiger charge is -2.23. The van der Waals surface area contributed by atoms with Crippen LogP contribution in [-0.4, -0.2) is 20.6 Å². The quantitative estimate of drug-likeness (QED) is 0.881. The highest BCUT2D eigenvalue weighted by atomic mass is 16.4. The summed E-state index contributed by atoms with van der Waals surface area (Å²) in [5.41, 5.74) is 1.55. The highest BCUT2D eigenvalue weighted by Crippen LogP contribution is 2.50. The number of nitrogens with zero attached hydrogens (tertiary/aromatic N) is 1. The van der Waals surface area contributed by atoms with Crippen molar-refractivity contribution >= 4 is 17.0 Å². The molecule has 1 heterocycles. The Kier molecular flexibility index (Phi) is 2.34. The van der Waals surface area contributed by atoms with Crippen LogP contribution in [-0.2, 0) is 0 Å². The molecule has 0 amide bonds. The van der Waals surface area contributed by atoms with E-state index in [0.29, 0.717) is 11.4 Å². The first-order valence-electron chi connectivity index (χ1n) is 7.11. The molecule has 1 aromatic heterocycles. The van der Waals surface area contributed by atoms with E-state index >= 15 is 0 Å². The molecule has 0 radical (unpaired) electrons. The molecule has 3 atom stereocenters. The number of carboxylic acid groups (broad SMARTS) is 1. The van der Waals surface area contributed by atoms with Crippen molar-refractivity contribution in [1.82, 2.24) is 9.55 Å². The summed E-state index contributed by atoms with van der Waals surface area (Å²) in [7, 11) is 0. The van der Waals surface area contributed by atoms with Gasteiger partial charge < -0.3 is 10.1 Å². The second-order valence-electron chi connectivity index (χ2n) is 6.08. The van der Waals surface area contributed by atoms with Crippen molar-refractivity contribution in [1.29, 1.82) is 0 Å². The van der Waals surface area contributed by atoms with Crippen LogP contribution in [0.1, 0.15) is 42.1 Å². The molecule has 2 bridgehead atoms. The number of H-pyrrole nitrogens is 1. The summed E-state index contributed by atoms with van der Waals surface area (Å²) in [5, 5.41) is 9.02. The summed E-state index contributed by atoms with van der Waals surface area (Å²) in [4.78, 5) is 26.0. The van der Waals surface area contributed by atoms with E-state index in [1.807, 2.05) is 4.57 Å². The third-order valence-corrected chi connectivity index (χ3v) is 5.00. The van der Waals surface area contributed by atoms with Gasteiger partial charge in [-0.1, -0.05) is 6.42 Å². The van der Waals surface area contributed by atoms with Crippen LogP contribution in [0.15, 0.2) is 23.0 Å². The molecule has 2 saturated carbocycles. The van der Waals surface area contributed by atoms with Crippen LogP contribution < -0.4 is 5.69 Å². The van der Waals surface area contributed by atoms with E-state index in [1.54, 1.807) is 18.2 Å². The Bertz CT molecular complexity index is 758. The number of rotatable bonds is 2. The predicted octanol–water partition coefficient (Wildman–Crippen LogP) is 2.39. The van der Waals surface area contributed by atoms with Gasteiger partial charge in [0.05, 0.1) is 16.6 Å². The average molecular weight is 272 g/mol. The summed E-state index contributed by atoms with van der Waals surface area (Å²) < 4.78 is 1.85. The van der Waals surface area contributed by atoms with Gasteiger partial charge in [0, 0.05) is 6.04 Å². The van der Waals surface area contributed by atoms with Gasteiger partial charge in [-0.05, 0) is 49.3 Å². The van der Waals surface area contributed by atoms with Crippen LogP contribution in [0.2, 0.25) is 0 Å². The molecule has 2 aromatic rings. The Morgan fingerprint density at radius 3 is 2.80 bits per heavy atom. The first-order chi connectivity index (χ1) is 9.63. The van der Waals surface area contributed by atoms with Gasteiger partial charge >= 0.3 is 11.7 Å². The first kappa shape index (κ1) is 11.8. The van der Waals surface area contributed by atoms with Crippen molar-refractivity contribution in [2.75, 3.05) is 0 Å². The smallest absolute Gasteiger partial charge is 0.335 e. The van der Waals surface area contributed by atoms with Gasteiger partial charge in [0.15, 0.2) is 0 Å². The van der Waals surface area contributed by atoms with E-state index in [4.69, 9.17) is 5.11 Å². The van der Waals surface area contributed by atoms with Crippen LogP contribution in [0, 0.1) is 11.8 Å².